The van der Waals surface area contributed by atoms with Gasteiger partial charge in [0.2, 0.25) is 0 Å². The number of rotatable bonds is 7. The summed E-state index contributed by atoms with van der Waals surface area (Å²) in [4.78, 5) is 36.5. The second-order valence-corrected chi connectivity index (χ2v) is 7.61. The van der Waals surface area contributed by atoms with Crippen molar-refractivity contribution in [1.82, 2.24) is 9.88 Å². The monoisotopic (exact) mass is 449 g/mol. The normalized spacial score (nSPS) is 10.4. The zero-order valence-electron chi connectivity index (χ0n) is 19.1. The highest BCUT2D eigenvalue weighted by molar-refractivity contribution is 6.03. The van der Waals surface area contributed by atoms with Crippen molar-refractivity contribution in [2.45, 2.75) is 26.9 Å². The van der Waals surface area contributed by atoms with Gasteiger partial charge >= 0.3 is 18.0 Å². The predicted molar refractivity (Wildman–Crippen MR) is 124 cm³/mol. The first-order valence-electron chi connectivity index (χ1n) is 10.4. The van der Waals surface area contributed by atoms with Gasteiger partial charge in [0.15, 0.2) is 0 Å². The second-order valence-electron chi connectivity index (χ2n) is 7.61. The highest BCUT2D eigenvalue weighted by Crippen LogP contribution is 2.20. The fraction of sp³-hybridized carbons (Fsp3) is 0.240. The van der Waals surface area contributed by atoms with Crippen LogP contribution in [0.2, 0.25) is 0 Å². The molecule has 0 spiro atoms. The van der Waals surface area contributed by atoms with Gasteiger partial charge in [-0.1, -0.05) is 23.8 Å². The summed E-state index contributed by atoms with van der Waals surface area (Å²) < 4.78 is 11.5. The Hall–Kier alpha value is -4.07. The lowest BCUT2D eigenvalue weighted by Crippen LogP contribution is -2.30. The van der Waals surface area contributed by atoms with Crippen molar-refractivity contribution in [2.24, 2.45) is 0 Å². The van der Waals surface area contributed by atoms with Gasteiger partial charge in [-0.05, 0) is 55.3 Å². The first-order chi connectivity index (χ1) is 15.8. The summed E-state index contributed by atoms with van der Waals surface area (Å²) in [5, 5.41) is 5.42. The number of nitrogens with zero attached hydrogens (tertiary/aromatic N) is 1. The first-order valence-corrected chi connectivity index (χ1v) is 10.4. The van der Waals surface area contributed by atoms with Crippen molar-refractivity contribution in [3.63, 3.8) is 0 Å². The lowest BCUT2D eigenvalue weighted by Gasteiger charge is -2.14. The fourth-order valence-corrected chi connectivity index (χ4v) is 3.44. The molecule has 2 N–H and O–H groups in total. The molecule has 0 unspecified atom stereocenters. The van der Waals surface area contributed by atoms with Crippen molar-refractivity contribution < 1.29 is 23.9 Å². The van der Waals surface area contributed by atoms with E-state index in [9.17, 15) is 14.4 Å². The minimum absolute atomic E-state index is 0.124. The number of nitrogens with one attached hydrogen (secondary N) is 2. The molecule has 3 aromatic rings. The molecule has 0 fully saturated rings. The van der Waals surface area contributed by atoms with Crippen LogP contribution in [0.15, 0.2) is 54.7 Å². The summed E-state index contributed by atoms with van der Waals surface area (Å²) in [6, 6.07) is 13.9. The van der Waals surface area contributed by atoms with Crippen LogP contribution in [0, 0.1) is 13.8 Å². The number of anilines is 1. The molecule has 3 rings (SSSR count). The molecule has 2 amide bonds. The van der Waals surface area contributed by atoms with E-state index < -0.39 is 18.0 Å². The molecule has 0 aliphatic heterocycles. The molecule has 0 saturated carbocycles. The number of esters is 2. The van der Waals surface area contributed by atoms with Crippen LogP contribution in [0.25, 0.3) is 0 Å². The first kappa shape index (κ1) is 23.6. The van der Waals surface area contributed by atoms with Gasteiger partial charge in [-0.2, -0.15) is 0 Å². The SMILES string of the molecule is COC(=O)c1ccc(C(=O)OC)c(NC(=O)NCc2cccn2Cc2cc(C)ccc2C)c1. The lowest BCUT2D eigenvalue weighted by atomic mass is 10.1. The number of amides is 2. The molecule has 0 saturated heterocycles. The number of urea groups is 1. The van der Waals surface area contributed by atoms with Gasteiger partial charge in [0, 0.05) is 18.4 Å². The van der Waals surface area contributed by atoms with Gasteiger partial charge in [-0.15, -0.1) is 0 Å². The molecular formula is C25H27N3O5. The Balaban J connectivity index is 1.71. The molecule has 1 heterocycles. The smallest absolute Gasteiger partial charge is 0.339 e. The third-order valence-corrected chi connectivity index (χ3v) is 5.29. The summed E-state index contributed by atoms with van der Waals surface area (Å²) in [6.45, 7) is 5.09. The van der Waals surface area contributed by atoms with Crippen molar-refractivity contribution in [1.29, 1.82) is 0 Å². The van der Waals surface area contributed by atoms with Crippen molar-refractivity contribution in [3.05, 3.63) is 88.2 Å². The minimum atomic E-state index is -0.635. The average molecular weight is 450 g/mol. The van der Waals surface area contributed by atoms with E-state index in [1.54, 1.807) is 0 Å². The van der Waals surface area contributed by atoms with Crippen LogP contribution in [0.1, 0.15) is 43.1 Å². The Bertz CT molecular complexity index is 1180. The molecule has 0 aliphatic rings. The topological polar surface area (TPSA) is 98.7 Å². The van der Waals surface area contributed by atoms with Crippen LogP contribution >= 0.6 is 0 Å². The van der Waals surface area contributed by atoms with E-state index in [-0.39, 0.29) is 23.4 Å². The molecule has 1 aromatic heterocycles. The van der Waals surface area contributed by atoms with Gasteiger partial charge in [-0.25, -0.2) is 14.4 Å². The molecule has 0 radical (unpaired) electrons. The highest BCUT2D eigenvalue weighted by atomic mass is 16.5. The van der Waals surface area contributed by atoms with Crippen LogP contribution < -0.4 is 10.6 Å². The van der Waals surface area contributed by atoms with Gasteiger partial charge in [0.05, 0.1) is 37.6 Å². The summed E-state index contributed by atoms with van der Waals surface area (Å²) in [7, 11) is 2.49. The van der Waals surface area contributed by atoms with Crippen LogP contribution in [-0.2, 0) is 22.6 Å². The molecular weight excluding hydrogens is 422 g/mol. The third-order valence-electron chi connectivity index (χ3n) is 5.29. The largest absolute Gasteiger partial charge is 0.465 e. The van der Waals surface area contributed by atoms with Crippen LogP contribution in [0.5, 0.6) is 0 Å². The second kappa shape index (κ2) is 10.5. The number of methoxy groups -OCH3 is 2. The molecule has 2 aromatic carbocycles. The summed E-state index contributed by atoms with van der Waals surface area (Å²) in [5.74, 6) is -1.22. The number of carbonyl (C=O) groups excluding carboxylic acids is 3. The standard InChI is InChI=1S/C25H27N3O5/c1-16-7-8-17(2)19(12-16)15-28-11-5-6-20(28)14-26-25(31)27-22-13-18(23(29)32-3)9-10-21(22)24(30)33-4/h5-13H,14-15H2,1-4H3,(H2,26,27,31). The highest BCUT2D eigenvalue weighted by Gasteiger charge is 2.17. The maximum Gasteiger partial charge on any atom is 0.339 e. The zero-order chi connectivity index (χ0) is 24.0. The van der Waals surface area contributed by atoms with Crippen LogP contribution in [0.3, 0.4) is 0 Å². The van der Waals surface area contributed by atoms with Crippen molar-refractivity contribution in [2.75, 3.05) is 19.5 Å². The Kier molecular flexibility index (Phi) is 7.50. The lowest BCUT2D eigenvalue weighted by molar-refractivity contribution is 0.0587. The van der Waals surface area contributed by atoms with Crippen LogP contribution in [-0.4, -0.2) is 36.8 Å². The van der Waals surface area contributed by atoms with E-state index in [1.807, 2.05) is 18.3 Å². The Morgan fingerprint density at radius 1 is 0.939 bits per heavy atom. The third kappa shape index (κ3) is 5.79. The molecule has 8 heteroatoms. The van der Waals surface area contributed by atoms with E-state index >= 15 is 0 Å². The number of aromatic nitrogens is 1. The molecule has 172 valence electrons. The number of benzene rings is 2. The van der Waals surface area contributed by atoms with Crippen molar-refractivity contribution >= 4 is 23.7 Å². The Morgan fingerprint density at radius 2 is 1.70 bits per heavy atom. The number of hydrogen-bond donors (Lipinski definition) is 2. The Morgan fingerprint density at radius 3 is 2.42 bits per heavy atom. The quantitative estimate of drug-likeness (QED) is 0.530. The number of aryl methyl sites for hydroxylation is 2. The van der Waals surface area contributed by atoms with E-state index in [0.29, 0.717) is 6.54 Å². The maximum atomic E-state index is 12.6. The fourth-order valence-electron chi connectivity index (χ4n) is 3.44. The summed E-state index contributed by atoms with van der Waals surface area (Å²) in [6.07, 6.45) is 1.96. The minimum Gasteiger partial charge on any atom is -0.465 e. The van der Waals surface area contributed by atoms with Crippen LogP contribution in [0.4, 0.5) is 10.5 Å². The number of hydrogen-bond acceptors (Lipinski definition) is 5. The predicted octanol–water partition coefficient (Wildman–Crippen LogP) is 4.05. The van der Waals surface area contributed by atoms with Gasteiger partial charge < -0.3 is 24.7 Å². The zero-order valence-corrected chi connectivity index (χ0v) is 19.1. The van der Waals surface area contributed by atoms with E-state index in [2.05, 4.69) is 47.2 Å². The summed E-state index contributed by atoms with van der Waals surface area (Å²) >= 11 is 0. The molecule has 0 aliphatic carbocycles. The summed E-state index contributed by atoms with van der Waals surface area (Å²) in [5.41, 5.74) is 4.99. The van der Waals surface area contributed by atoms with Crippen molar-refractivity contribution in [3.8, 4) is 0 Å². The molecule has 0 bridgehead atoms. The Labute approximate surface area is 192 Å². The number of carbonyl (C=O) groups is 3. The molecule has 33 heavy (non-hydrogen) atoms. The molecule has 0 atom stereocenters. The average Bonchev–Trinajstić information content (AvgIpc) is 3.25. The molecule has 8 nitrogen and oxygen atoms in total. The van der Waals surface area contributed by atoms with Gasteiger partial charge in [0.25, 0.3) is 0 Å². The maximum absolute atomic E-state index is 12.6. The van der Waals surface area contributed by atoms with E-state index in [0.717, 1.165) is 5.69 Å². The van der Waals surface area contributed by atoms with Gasteiger partial charge in [0.1, 0.15) is 0 Å². The van der Waals surface area contributed by atoms with E-state index in [4.69, 9.17) is 9.47 Å². The van der Waals surface area contributed by atoms with E-state index in [1.165, 1.54) is 49.1 Å². The number of ether oxygens (including phenoxy) is 2. The van der Waals surface area contributed by atoms with Gasteiger partial charge in [-0.3, -0.25) is 0 Å².